The lowest BCUT2D eigenvalue weighted by Gasteiger charge is -2.39. The number of Topliss-reactive ketones (excluding diaryl/α,β-unsaturated/α-hetero) is 1. The van der Waals surface area contributed by atoms with Crippen LogP contribution in [0.3, 0.4) is 0 Å². The number of rotatable bonds is 14. The van der Waals surface area contributed by atoms with E-state index in [1.54, 1.807) is 0 Å². The molecule has 5 N–H and O–H groups in total. The Morgan fingerprint density at radius 3 is 2.22 bits per heavy atom. The van der Waals surface area contributed by atoms with Gasteiger partial charge in [0.15, 0.2) is 0 Å². The van der Waals surface area contributed by atoms with Gasteiger partial charge in [-0.05, 0) is 40.9 Å². The molecule has 1 saturated carbocycles. The number of likely N-dealkylation sites (tertiary alicyclic amines) is 1. The third-order valence-electron chi connectivity index (χ3n) is 10.2. The first-order valence-corrected chi connectivity index (χ1v) is 18.9. The molecule has 3 fully saturated rings. The van der Waals surface area contributed by atoms with E-state index in [1.807, 2.05) is 62.3 Å². The van der Waals surface area contributed by atoms with Crippen molar-refractivity contribution in [2.24, 2.45) is 28.1 Å². The molecular weight excluding hydrogens is 650 g/mol. The molecule has 2 saturated heterocycles. The van der Waals surface area contributed by atoms with Gasteiger partial charge < -0.3 is 26.2 Å². The van der Waals surface area contributed by atoms with Crippen LogP contribution in [-0.2, 0) is 29.4 Å². The molecule has 5 amide bonds. The average molecular weight is 710 g/mol. The summed E-state index contributed by atoms with van der Waals surface area (Å²) in [4.78, 5) is 69.1. The minimum atomic E-state index is -3.67. The lowest BCUT2D eigenvalue weighted by atomic mass is 9.85. The summed E-state index contributed by atoms with van der Waals surface area (Å²) in [5, 5.41) is 11.1. The van der Waals surface area contributed by atoms with E-state index in [0.29, 0.717) is 32.5 Å². The Morgan fingerprint density at radius 2 is 1.67 bits per heavy atom. The number of ketones is 1. The molecule has 49 heavy (non-hydrogen) atoms. The van der Waals surface area contributed by atoms with Crippen LogP contribution in [-0.4, -0.2) is 104 Å². The maximum atomic E-state index is 14.4. The summed E-state index contributed by atoms with van der Waals surface area (Å²) in [5.74, 6) is -2.60. The number of carbonyl (C=O) groups excluding carboxylic acids is 5. The Kier molecular flexibility index (Phi) is 12.7. The van der Waals surface area contributed by atoms with Crippen LogP contribution in [0, 0.1) is 28.1 Å². The van der Waals surface area contributed by atoms with Crippen molar-refractivity contribution in [1.29, 1.82) is 0 Å². The Morgan fingerprint density at radius 1 is 1.02 bits per heavy atom. The predicted molar refractivity (Wildman–Crippen MR) is 187 cm³/mol. The molecule has 1 aliphatic carbocycles. The highest BCUT2D eigenvalue weighted by atomic mass is 32.2. The Balaban J connectivity index is 1.83. The van der Waals surface area contributed by atoms with Gasteiger partial charge in [0.25, 0.3) is 16.1 Å². The Labute approximate surface area is 292 Å². The zero-order chi connectivity index (χ0) is 37.1. The molecule has 0 aromatic rings. The lowest BCUT2D eigenvalue weighted by molar-refractivity contribution is -0.145. The first-order valence-electron chi connectivity index (χ1n) is 17.4. The highest BCUT2D eigenvalue weighted by Crippen LogP contribution is 2.65. The van der Waals surface area contributed by atoms with E-state index in [9.17, 15) is 32.4 Å². The second kappa shape index (κ2) is 15.5. The van der Waals surface area contributed by atoms with Crippen molar-refractivity contribution >= 4 is 39.7 Å². The van der Waals surface area contributed by atoms with Gasteiger partial charge in [0.1, 0.15) is 12.1 Å². The van der Waals surface area contributed by atoms with Crippen molar-refractivity contribution < 1.29 is 32.4 Å². The van der Waals surface area contributed by atoms with Gasteiger partial charge in [0, 0.05) is 38.8 Å². The van der Waals surface area contributed by atoms with Crippen LogP contribution in [0.15, 0.2) is 12.7 Å². The zero-order valence-electron chi connectivity index (χ0n) is 30.8. The number of hydrogen-bond donors (Lipinski definition) is 5. The Bertz CT molecular complexity index is 1390. The molecule has 2 aliphatic heterocycles. The average Bonchev–Trinajstić information content (AvgIpc) is 3.31. The fourth-order valence-corrected chi connectivity index (χ4v) is 8.20. The predicted octanol–water partition coefficient (Wildman–Crippen LogP) is 1.68. The third kappa shape index (κ3) is 9.60. The second-order valence-electron chi connectivity index (χ2n) is 16.4. The van der Waals surface area contributed by atoms with Gasteiger partial charge in [-0.1, -0.05) is 81.2 Å². The number of hydrogen-bond acceptors (Lipinski definition) is 7. The van der Waals surface area contributed by atoms with E-state index in [-0.39, 0.29) is 36.8 Å². The summed E-state index contributed by atoms with van der Waals surface area (Å²) in [5.41, 5.74) is -1.50. The first-order chi connectivity index (χ1) is 22.6. The van der Waals surface area contributed by atoms with Gasteiger partial charge in [-0.25, -0.2) is 9.52 Å². The van der Waals surface area contributed by atoms with E-state index in [0.717, 1.165) is 6.42 Å². The van der Waals surface area contributed by atoms with Gasteiger partial charge in [-0.3, -0.25) is 19.2 Å². The fourth-order valence-electron chi connectivity index (χ4n) is 6.90. The monoisotopic (exact) mass is 709 g/mol. The molecule has 3 rings (SSSR count). The summed E-state index contributed by atoms with van der Waals surface area (Å²) < 4.78 is 29.1. The quantitative estimate of drug-likeness (QED) is 0.134. The van der Waals surface area contributed by atoms with Gasteiger partial charge in [-0.15, -0.1) is 6.58 Å². The number of carbonyl (C=O) groups is 5. The van der Waals surface area contributed by atoms with Crippen LogP contribution in [0.25, 0.3) is 0 Å². The number of urea groups is 1. The van der Waals surface area contributed by atoms with Crippen LogP contribution >= 0.6 is 0 Å². The molecule has 2 heterocycles. The molecule has 3 aliphatic rings. The van der Waals surface area contributed by atoms with E-state index < -0.39 is 74.7 Å². The molecule has 6 atom stereocenters. The number of piperidine rings is 1. The van der Waals surface area contributed by atoms with Crippen molar-refractivity contribution in [1.82, 2.24) is 35.2 Å². The summed E-state index contributed by atoms with van der Waals surface area (Å²) in [6, 6.07) is -4.19. The molecule has 278 valence electrons. The topological polar surface area (TPSA) is 186 Å². The molecule has 14 nitrogen and oxygen atoms in total. The van der Waals surface area contributed by atoms with Crippen LogP contribution < -0.4 is 26.0 Å². The van der Waals surface area contributed by atoms with E-state index >= 15 is 0 Å². The minimum absolute atomic E-state index is 0.0488. The fraction of sp³-hybridized carbons (Fsp3) is 0.794. The molecule has 0 radical (unpaired) electrons. The molecule has 0 spiro atoms. The maximum absolute atomic E-state index is 14.4. The molecule has 0 aromatic carbocycles. The summed E-state index contributed by atoms with van der Waals surface area (Å²) >= 11 is 0. The van der Waals surface area contributed by atoms with Crippen LogP contribution in [0.2, 0.25) is 0 Å². The second-order valence-corrected chi connectivity index (χ2v) is 18.2. The highest BCUT2D eigenvalue weighted by molar-refractivity contribution is 7.87. The summed E-state index contributed by atoms with van der Waals surface area (Å²) in [7, 11) is -3.67. The van der Waals surface area contributed by atoms with Gasteiger partial charge in [0.2, 0.25) is 17.6 Å². The minimum Gasteiger partial charge on any atom is -0.346 e. The van der Waals surface area contributed by atoms with Crippen LogP contribution in [0.1, 0.15) is 88.0 Å². The van der Waals surface area contributed by atoms with Gasteiger partial charge >= 0.3 is 6.03 Å². The van der Waals surface area contributed by atoms with Crippen molar-refractivity contribution in [3.8, 4) is 0 Å². The van der Waals surface area contributed by atoms with Gasteiger partial charge in [0.05, 0.1) is 6.04 Å². The molecule has 0 aromatic heterocycles. The number of unbranched alkanes of at least 4 members (excludes halogenated alkanes) is 1. The first kappa shape index (κ1) is 40.4. The van der Waals surface area contributed by atoms with Crippen molar-refractivity contribution in [2.75, 3.05) is 32.7 Å². The Hall–Kier alpha value is -3.04. The molecule has 2 unspecified atom stereocenters. The van der Waals surface area contributed by atoms with Crippen LogP contribution in [0.5, 0.6) is 0 Å². The summed E-state index contributed by atoms with van der Waals surface area (Å²) in [6.07, 6.45) is 3.74. The number of fused-ring (bicyclic) bond motifs is 1. The zero-order valence-corrected chi connectivity index (χ0v) is 31.6. The van der Waals surface area contributed by atoms with Crippen LogP contribution in [0.4, 0.5) is 4.79 Å². The lowest BCUT2D eigenvalue weighted by Crippen LogP contribution is -2.63. The SMILES string of the molecule is C=CCNC(=O)C(=O)C(CCCC)NC(=O)C1[C@@H]2[C@H](CN1C(=O)[C@@H](NC(=O)N[C@H](CN1CCCNS1(=O)=O)C(C)(C)C)C(C)(C)C)C2(C)C. The normalized spacial score (nSPS) is 24.8. The smallest absolute Gasteiger partial charge is 0.315 e. The van der Waals surface area contributed by atoms with Crippen molar-refractivity contribution in [3.05, 3.63) is 12.7 Å². The maximum Gasteiger partial charge on any atom is 0.315 e. The largest absolute Gasteiger partial charge is 0.346 e. The summed E-state index contributed by atoms with van der Waals surface area (Å²) in [6.45, 7) is 21.9. The van der Waals surface area contributed by atoms with E-state index in [1.165, 1.54) is 15.3 Å². The van der Waals surface area contributed by atoms with Crippen molar-refractivity contribution in [2.45, 2.75) is 112 Å². The van der Waals surface area contributed by atoms with E-state index in [2.05, 4.69) is 32.6 Å². The number of nitrogens with one attached hydrogen (secondary N) is 5. The number of amides is 5. The third-order valence-corrected chi connectivity index (χ3v) is 11.8. The standard InChI is InChI=1S/C34H59N7O7S/c1-11-13-15-22(26(42)29(44)35-16-12-2)37-28(43)25-24-21(34(24,9)10)19-41(25)30(45)27(33(6,7)8)39-31(46)38-23(32(3,4)5)20-40-18-14-17-36-49(40,47)48/h12,21-25,27,36H,2,11,13-20H2,1,3-10H3,(H,35,44)(H,37,43)(H2,38,39,46)/t21-,22?,23+,24-,25?,27+/m0/s1. The van der Waals surface area contributed by atoms with Gasteiger partial charge in [-0.2, -0.15) is 12.7 Å². The molecular formula is C34H59N7O7S. The molecule has 15 heteroatoms. The van der Waals surface area contributed by atoms with Crippen molar-refractivity contribution in [3.63, 3.8) is 0 Å². The highest BCUT2D eigenvalue weighted by Gasteiger charge is 2.70. The number of nitrogens with zero attached hydrogens (tertiary/aromatic N) is 2. The van der Waals surface area contributed by atoms with E-state index in [4.69, 9.17) is 0 Å². The molecule has 0 bridgehead atoms.